The van der Waals surface area contributed by atoms with E-state index < -0.39 is 29.9 Å². The van der Waals surface area contributed by atoms with Crippen LogP contribution in [0.4, 0.5) is 28.0 Å². The number of pyridine rings is 1. The number of halogens is 5. The highest BCUT2D eigenvalue weighted by molar-refractivity contribution is 6.30. The van der Waals surface area contributed by atoms with Gasteiger partial charge in [-0.05, 0) is 47.5 Å². The fourth-order valence-electron chi connectivity index (χ4n) is 4.21. The van der Waals surface area contributed by atoms with E-state index in [4.69, 9.17) is 11.6 Å². The Labute approximate surface area is 238 Å². The first-order valence-electron chi connectivity index (χ1n) is 12.2. The molecule has 4 aromatic rings. The van der Waals surface area contributed by atoms with Crippen LogP contribution in [0.15, 0.2) is 104 Å². The largest absolute Gasteiger partial charge is 0.508 e. The van der Waals surface area contributed by atoms with E-state index in [0.717, 1.165) is 17.7 Å². The number of rotatable bonds is 10. The van der Waals surface area contributed by atoms with Gasteiger partial charge in [-0.3, -0.25) is 4.98 Å². The Morgan fingerprint density at radius 2 is 1.73 bits per heavy atom. The second-order valence-corrected chi connectivity index (χ2v) is 9.46. The molecule has 6 nitrogen and oxygen atoms in total. The number of hydrogen-bond donors (Lipinski definition) is 3. The molecular formula is C30H24ClF4N3O3. The molecule has 0 saturated heterocycles. The second kappa shape index (κ2) is 12.3. The van der Waals surface area contributed by atoms with Gasteiger partial charge in [-0.15, -0.1) is 0 Å². The molecule has 2 amide bonds. The van der Waals surface area contributed by atoms with Crippen molar-refractivity contribution in [1.82, 2.24) is 10.3 Å². The van der Waals surface area contributed by atoms with Gasteiger partial charge < -0.3 is 20.5 Å². The lowest BCUT2D eigenvalue weighted by Crippen LogP contribution is -2.50. The Hall–Kier alpha value is -4.57. The number of aliphatic hydroxyl groups excluding tert-OH is 1. The van der Waals surface area contributed by atoms with E-state index in [2.05, 4.69) is 26.9 Å². The van der Waals surface area contributed by atoms with Crippen LogP contribution in [-0.2, 0) is 12.0 Å². The van der Waals surface area contributed by atoms with Crippen LogP contribution in [0.5, 0.6) is 5.75 Å². The molecule has 0 radical (unpaired) electrons. The first kappa shape index (κ1) is 29.4. The Balaban J connectivity index is 1.83. The number of aliphatic hydroxyl groups is 1. The zero-order valence-corrected chi connectivity index (χ0v) is 22.1. The van der Waals surface area contributed by atoms with Crippen LogP contribution in [0.3, 0.4) is 0 Å². The van der Waals surface area contributed by atoms with E-state index in [1.54, 1.807) is 60.7 Å². The second-order valence-electron chi connectivity index (χ2n) is 9.03. The fourth-order valence-corrected chi connectivity index (χ4v) is 4.32. The van der Waals surface area contributed by atoms with Gasteiger partial charge in [0.25, 0.3) is 0 Å². The SMILES string of the molecule is C=C(O)c1cccc(NC(=O)N[C@](Cc2ccccc2)(c2cccc(OC(F)(F)C(F)F)c2)c2ccc(Cl)cn2)c1. The Kier molecular flexibility index (Phi) is 8.83. The molecule has 0 unspecified atom stereocenters. The smallest absolute Gasteiger partial charge is 0.461 e. The van der Waals surface area contributed by atoms with Crippen molar-refractivity contribution in [3.05, 3.63) is 131 Å². The van der Waals surface area contributed by atoms with Crippen molar-refractivity contribution in [3.8, 4) is 5.75 Å². The van der Waals surface area contributed by atoms with E-state index in [-0.39, 0.29) is 23.4 Å². The van der Waals surface area contributed by atoms with Crippen molar-refractivity contribution in [2.75, 3.05) is 5.32 Å². The predicted octanol–water partition coefficient (Wildman–Crippen LogP) is 7.81. The molecule has 41 heavy (non-hydrogen) atoms. The number of urea groups is 1. The lowest BCUT2D eigenvalue weighted by Gasteiger charge is -2.35. The summed E-state index contributed by atoms with van der Waals surface area (Å²) in [5.74, 6) is -0.745. The molecule has 0 saturated carbocycles. The quantitative estimate of drug-likeness (QED) is 0.131. The molecule has 0 aliphatic rings. The number of aromatic nitrogens is 1. The molecule has 3 N–H and O–H groups in total. The van der Waals surface area contributed by atoms with E-state index in [1.807, 2.05) is 0 Å². The molecule has 0 spiro atoms. The summed E-state index contributed by atoms with van der Waals surface area (Å²) < 4.78 is 57.8. The van der Waals surface area contributed by atoms with Crippen LogP contribution in [0.2, 0.25) is 5.02 Å². The third kappa shape index (κ3) is 7.15. The molecule has 0 aliphatic carbocycles. The minimum atomic E-state index is -4.74. The van der Waals surface area contributed by atoms with Crippen LogP contribution in [0, 0.1) is 0 Å². The summed E-state index contributed by atoms with van der Waals surface area (Å²) in [7, 11) is 0. The van der Waals surface area contributed by atoms with Gasteiger partial charge in [0, 0.05) is 23.9 Å². The molecular weight excluding hydrogens is 562 g/mol. The first-order valence-corrected chi connectivity index (χ1v) is 12.6. The normalized spacial score (nSPS) is 12.8. The third-order valence-corrected chi connectivity index (χ3v) is 6.32. The molecule has 212 valence electrons. The number of nitrogens with one attached hydrogen (secondary N) is 2. The van der Waals surface area contributed by atoms with E-state index in [0.29, 0.717) is 16.3 Å². The zero-order chi connectivity index (χ0) is 29.6. The number of ether oxygens (including phenoxy) is 1. The lowest BCUT2D eigenvalue weighted by molar-refractivity contribution is -0.253. The minimum absolute atomic E-state index is 0.0675. The van der Waals surface area contributed by atoms with Crippen molar-refractivity contribution < 1.29 is 32.2 Å². The van der Waals surface area contributed by atoms with Crippen molar-refractivity contribution >= 4 is 29.1 Å². The summed E-state index contributed by atoms with van der Waals surface area (Å²) in [6.07, 6.45) is -7.38. The Bertz CT molecular complexity index is 1520. The predicted molar refractivity (Wildman–Crippen MR) is 148 cm³/mol. The van der Waals surface area contributed by atoms with Crippen LogP contribution in [-0.4, -0.2) is 28.7 Å². The van der Waals surface area contributed by atoms with Crippen molar-refractivity contribution in [2.24, 2.45) is 0 Å². The lowest BCUT2D eigenvalue weighted by atomic mass is 9.80. The van der Waals surface area contributed by atoms with Gasteiger partial charge in [-0.1, -0.05) is 72.8 Å². The summed E-state index contributed by atoms with van der Waals surface area (Å²) >= 11 is 6.08. The Morgan fingerprint density at radius 3 is 2.39 bits per heavy atom. The number of carbonyl (C=O) groups is 1. The highest BCUT2D eigenvalue weighted by Crippen LogP contribution is 2.36. The molecule has 1 atom stereocenters. The summed E-state index contributed by atoms with van der Waals surface area (Å²) in [6, 6.07) is 22.8. The van der Waals surface area contributed by atoms with Crippen molar-refractivity contribution in [3.63, 3.8) is 0 Å². The van der Waals surface area contributed by atoms with E-state index in [9.17, 15) is 27.5 Å². The number of nitrogens with zero attached hydrogens (tertiary/aromatic N) is 1. The van der Waals surface area contributed by atoms with E-state index in [1.165, 1.54) is 24.4 Å². The number of amides is 2. The standard InChI is InChI=1S/C30H24ClF4N3O3/c1-19(39)21-9-5-11-24(15-21)37-28(40)38-29(17-20-7-3-2-4-8-20,26-14-13-23(31)18-36-26)22-10-6-12-25(16-22)41-30(34,35)27(32)33/h2-16,18,27,39H,1,17H2,(H2,37,38,40)/t29-/m1/s1. The van der Waals surface area contributed by atoms with Gasteiger partial charge in [0.2, 0.25) is 0 Å². The van der Waals surface area contributed by atoms with Crippen molar-refractivity contribution in [1.29, 1.82) is 0 Å². The van der Waals surface area contributed by atoms with Crippen LogP contribution < -0.4 is 15.4 Å². The molecule has 11 heteroatoms. The number of alkyl halides is 4. The molecule has 0 aliphatic heterocycles. The molecule has 1 aromatic heterocycles. The summed E-state index contributed by atoms with van der Waals surface area (Å²) in [5.41, 5.74) is 0.382. The highest BCUT2D eigenvalue weighted by Gasteiger charge is 2.44. The minimum Gasteiger partial charge on any atom is -0.508 e. The van der Waals surface area contributed by atoms with Gasteiger partial charge in [0.05, 0.1) is 10.7 Å². The average Bonchev–Trinajstić information content (AvgIpc) is 2.93. The van der Waals surface area contributed by atoms with Crippen LogP contribution in [0.1, 0.15) is 22.4 Å². The topological polar surface area (TPSA) is 83.5 Å². The van der Waals surface area contributed by atoms with E-state index >= 15 is 0 Å². The Morgan fingerprint density at radius 1 is 1.00 bits per heavy atom. The van der Waals surface area contributed by atoms with Gasteiger partial charge >= 0.3 is 18.6 Å². The molecule has 1 heterocycles. The number of benzene rings is 3. The zero-order valence-electron chi connectivity index (χ0n) is 21.3. The maximum absolute atomic E-state index is 13.8. The molecule has 3 aromatic carbocycles. The fraction of sp³-hybridized carbons (Fsp3) is 0.133. The maximum atomic E-state index is 13.8. The highest BCUT2D eigenvalue weighted by atomic mass is 35.5. The van der Waals surface area contributed by atoms with Gasteiger partial charge in [-0.2, -0.15) is 17.6 Å². The number of hydrogen-bond acceptors (Lipinski definition) is 4. The third-order valence-electron chi connectivity index (χ3n) is 6.09. The molecule has 4 rings (SSSR count). The summed E-state index contributed by atoms with van der Waals surface area (Å²) in [4.78, 5) is 17.9. The van der Waals surface area contributed by atoms with Gasteiger partial charge in [0.1, 0.15) is 17.0 Å². The van der Waals surface area contributed by atoms with Crippen LogP contribution >= 0.6 is 11.6 Å². The summed E-state index contributed by atoms with van der Waals surface area (Å²) in [5, 5.41) is 15.6. The average molecular weight is 586 g/mol. The summed E-state index contributed by atoms with van der Waals surface area (Å²) in [6.45, 7) is 3.48. The van der Waals surface area contributed by atoms with Gasteiger partial charge in [-0.25, -0.2) is 4.79 Å². The van der Waals surface area contributed by atoms with Crippen molar-refractivity contribution in [2.45, 2.75) is 24.5 Å². The number of anilines is 1. The van der Waals surface area contributed by atoms with Crippen LogP contribution in [0.25, 0.3) is 5.76 Å². The monoisotopic (exact) mass is 585 g/mol. The first-order chi connectivity index (χ1) is 19.5. The number of carbonyl (C=O) groups excluding carboxylic acids is 1. The molecule has 0 bridgehead atoms. The van der Waals surface area contributed by atoms with Gasteiger partial charge in [0.15, 0.2) is 0 Å². The maximum Gasteiger partial charge on any atom is 0.461 e. The molecule has 0 fully saturated rings.